The van der Waals surface area contributed by atoms with E-state index in [1.54, 1.807) is 23.1 Å². The molecule has 1 aliphatic heterocycles. The molecule has 1 fully saturated rings. The van der Waals surface area contributed by atoms with Gasteiger partial charge in [0.25, 0.3) is 5.69 Å². The Morgan fingerprint density at radius 2 is 1.88 bits per heavy atom. The van der Waals surface area contributed by atoms with E-state index in [4.69, 9.17) is 11.6 Å². The first-order valence-electron chi connectivity index (χ1n) is 7.94. The second-order valence-corrected chi connectivity index (χ2v) is 6.24. The van der Waals surface area contributed by atoms with Crippen LogP contribution in [-0.2, 0) is 0 Å². The molecule has 2 aromatic rings. The molecule has 0 spiro atoms. The number of benzene rings is 2. The molecule has 1 aliphatic rings. The van der Waals surface area contributed by atoms with Gasteiger partial charge in [0.1, 0.15) is 11.5 Å². The van der Waals surface area contributed by atoms with E-state index in [-0.39, 0.29) is 11.7 Å². The van der Waals surface area contributed by atoms with Crippen molar-refractivity contribution in [2.45, 2.75) is 0 Å². The van der Waals surface area contributed by atoms with Gasteiger partial charge in [0, 0.05) is 43.0 Å². The highest BCUT2D eigenvalue weighted by atomic mass is 35.5. The third-order valence-electron chi connectivity index (χ3n) is 4.12. The highest BCUT2D eigenvalue weighted by molar-refractivity contribution is 6.30. The zero-order valence-corrected chi connectivity index (χ0v) is 14.4. The predicted molar refractivity (Wildman–Crippen MR) is 97.3 cm³/mol. The van der Waals surface area contributed by atoms with E-state index >= 15 is 0 Å². The highest BCUT2D eigenvalue weighted by Gasteiger charge is 2.26. The molecule has 0 atom stereocenters. The van der Waals surface area contributed by atoms with Gasteiger partial charge in [-0.05, 0) is 30.3 Å². The molecule has 0 bridgehead atoms. The van der Waals surface area contributed by atoms with Crippen molar-refractivity contribution in [3.63, 3.8) is 0 Å². The summed E-state index contributed by atoms with van der Waals surface area (Å²) in [5.41, 5.74) is 0.797. The van der Waals surface area contributed by atoms with Gasteiger partial charge in [-0.1, -0.05) is 17.7 Å². The molecule has 0 saturated carbocycles. The lowest BCUT2D eigenvalue weighted by Gasteiger charge is -2.35. The van der Waals surface area contributed by atoms with E-state index in [2.05, 4.69) is 5.32 Å². The largest absolute Gasteiger partial charge is 0.362 e. The highest BCUT2D eigenvalue weighted by Crippen LogP contribution is 2.31. The van der Waals surface area contributed by atoms with Crippen LogP contribution >= 0.6 is 11.6 Å². The average molecular weight is 379 g/mol. The summed E-state index contributed by atoms with van der Waals surface area (Å²) in [5.74, 6) is -0.428. The Balaban J connectivity index is 1.64. The summed E-state index contributed by atoms with van der Waals surface area (Å²) in [6.45, 7) is 1.67. The Labute approximate surface area is 154 Å². The number of rotatable bonds is 3. The average Bonchev–Trinajstić information content (AvgIpc) is 2.62. The van der Waals surface area contributed by atoms with Crippen molar-refractivity contribution in [1.29, 1.82) is 0 Å². The van der Waals surface area contributed by atoms with Gasteiger partial charge < -0.3 is 15.1 Å². The van der Waals surface area contributed by atoms with E-state index in [9.17, 15) is 19.3 Å². The lowest BCUT2D eigenvalue weighted by atomic mass is 10.2. The first kappa shape index (κ1) is 17.9. The second-order valence-electron chi connectivity index (χ2n) is 5.80. The van der Waals surface area contributed by atoms with E-state index in [0.29, 0.717) is 42.6 Å². The summed E-state index contributed by atoms with van der Waals surface area (Å²) in [6, 6.07) is 9.87. The summed E-state index contributed by atoms with van der Waals surface area (Å²) in [5, 5.41) is 14.2. The van der Waals surface area contributed by atoms with Crippen molar-refractivity contribution >= 4 is 34.7 Å². The van der Waals surface area contributed by atoms with Crippen LogP contribution in [-0.4, -0.2) is 42.0 Å². The van der Waals surface area contributed by atoms with E-state index < -0.39 is 10.7 Å². The first-order chi connectivity index (χ1) is 12.4. The normalized spacial score (nSPS) is 14.2. The fourth-order valence-corrected chi connectivity index (χ4v) is 3.00. The van der Waals surface area contributed by atoms with Crippen LogP contribution in [0.15, 0.2) is 42.5 Å². The third kappa shape index (κ3) is 4.02. The Bertz CT molecular complexity index is 841. The number of halogens is 2. The molecule has 1 heterocycles. The maximum Gasteiger partial charge on any atom is 0.321 e. The Morgan fingerprint density at radius 3 is 2.54 bits per heavy atom. The van der Waals surface area contributed by atoms with E-state index in [1.165, 1.54) is 24.3 Å². The zero-order chi connectivity index (χ0) is 18.7. The molecule has 136 valence electrons. The molecule has 0 radical (unpaired) electrons. The van der Waals surface area contributed by atoms with Crippen molar-refractivity contribution < 1.29 is 14.1 Å². The van der Waals surface area contributed by atoms with Crippen molar-refractivity contribution in [3.05, 3.63) is 63.4 Å². The molecule has 3 rings (SSSR count). The number of hydrogen-bond acceptors (Lipinski definition) is 4. The summed E-state index contributed by atoms with van der Waals surface area (Å²) < 4.78 is 13.2. The number of nitrogens with zero attached hydrogens (tertiary/aromatic N) is 3. The molecule has 2 aromatic carbocycles. The molecule has 7 nitrogen and oxygen atoms in total. The molecule has 0 aromatic heterocycles. The van der Waals surface area contributed by atoms with Crippen LogP contribution in [0.1, 0.15) is 0 Å². The van der Waals surface area contributed by atoms with Gasteiger partial charge in [-0.25, -0.2) is 9.18 Å². The number of carbonyl (C=O) groups is 1. The van der Waals surface area contributed by atoms with Crippen LogP contribution in [0.5, 0.6) is 0 Å². The Hall–Kier alpha value is -2.87. The minimum atomic E-state index is -0.468. The Kier molecular flexibility index (Phi) is 5.22. The molecule has 26 heavy (non-hydrogen) atoms. The number of anilines is 2. The predicted octanol–water partition coefficient (Wildman–Crippen LogP) is 3.74. The third-order valence-corrected chi connectivity index (χ3v) is 4.35. The summed E-state index contributed by atoms with van der Waals surface area (Å²) >= 11 is 5.84. The molecule has 9 heteroatoms. The summed E-state index contributed by atoms with van der Waals surface area (Å²) in [4.78, 5) is 26.5. The quantitative estimate of drug-likeness (QED) is 0.651. The standard InChI is InChI=1S/C17H16ClFN4O3/c18-12-4-5-15(16(10-12)23(25)26)21-6-8-22(9-7-21)17(24)20-14-3-1-2-13(19)11-14/h1-5,10-11H,6-9H2,(H,20,24). The number of hydrogen-bond donors (Lipinski definition) is 1. The number of nitro groups is 1. The smallest absolute Gasteiger partial charge is 0.321 e. The minimum Gasteiger partial charge on any atom is -0.362 e. The monoisotopic (exact) mass is 378 g/mol. The molecular weight excluding hydrogens is 363 g/mol. The lowest BCUT2D eigenvalue weighted by Crippen LogP contribution is -2.50. The van der Waals surface area contributed by atoms with Gasteiger partial charge in [0.05, 0.1) is 4.92 Å². The van der Waals surface area contributed by atoms with Crippen molar-refractivity contribution in [2.24, 2.45) is 0 Å². The van der Waals surface area contributed by atoms with Crippen LogP contribution < -0.4 is 10.2 Å². The number of amides is 2. The Morgan fingerprint density at radius 1 is 1.15 bits per heavy atom. The van der Waals surface area contributed by atoms with Crippen LogP contribution in [0.3, 0.4) is 0 Å². The fourth-order valence-electron chi connectivity index (χ4n) is 2.83. The zero-order valence-electron chi connectivity index (χ0n) is 13.7. The summed E-state index contributed by atoms with van der Waals surface area (Å²) in [7, 11) is 0. The van der Waals surface area contributed by atoms with Gasteiger partial charge in [-0.15, -0.1) is 0 Å². The van der Waals surface area contributed by atoms with Gasteiger partial charge in [-0.3, -0.25) is 10.1 Å². The maximum atomic E-state index is 13.2. The van der Waals surface area contributed by atoms with Crippen molar-refractivity contribution in [3.8, 4) is 0 Å². The van der Waals surface area contributed by atoms with E-state index in [1.807, 2.05) is 4.90 Å². The van der Waals surface area contributed by atoms with Crippen LogP contribution in [0, 0.1) is 15.9 Å². The molecule has 0 aliphatic carbocycles. The lowest BCUT2D eigenvalue weighted by molar-refractivity contribution is -0.384. The van der Waals surface area contributed by atoms with Crippen molar-refractivity contribution in [2.75, 3.05) is 36.4 Å². The van der Waals surface area contributed by atoms with Crippen LogP contribution in [0.25, 0.3) is 0 Å². The molecule has 0 unspecified atom stereocenters. The fraction of sp³-hybridized carbons (Fsp3) is 0.235. The van der Waals surface area contributed by atoms with Crippen LogP contribution in [0.2, 0.25) is 5.02 Å². The maximum absolute atomic E-state index is 13.2. The van der Waals surface area contributed by atoms with Crippen LogP contribution in [0.4, 0.5) is 26.2 Å². The molecule has 1 N–H and O–H groups in total. The first-order valence-corrected chi connectivity index (χ1v) is 8.32. The number of urea groups is 1. The molecule has 1 saturated heterocycles. The van der Waals surface area contributed by atoms with Gasteiger partial charge in [-0.2, -0.15) is 0 Å². The van der Waals surface area contributed by atoms with Gasteiger partial charge in [0.15, 0.2) is 0 Å². The molecular formula is C17H16ClFN4O3. The van der Waals surface area contributed by atoms with E-state index in [0.717, 1.165) is 0 Å². The van der Waals surface area contributed by atoms with Gasteiger partial charge >= 0.3 is 6.03 Å². The second kappa shape index (κ2) is 7.57. The number of piperazine rings is 1. The minimum absolute atomic E-state index is 0.0600. The molecule has 2 amide bonds. The topological polar surface area (TPSA) is 78.7 Å². The number of nitrogens with one attached hydrogen (secondary N) is 1. The van der Waals surface area contributed by atoms with Crippen molar-refractivity contribution in [1.82, 2.24) is 4.90 Å². The van der Waals surface area contributed by atoms with Gasteiger partial charge in [0.2, 0.25) is 0 Å². The SMILES string of the molecule is O=C(Nc1cccc(F)c1)N1CCN(c2ccc(Cl)cc2[N+](=O)[O-])CC1. The number of nitro benzene ring substituents is 1. The summed E-state index contributed by atoms with van der Waals surface area (Å²) in [6.07, 6.45) is 0. The number of carbonyl (C=O) groups excluding carboxylic acids is 1.